The largest absolute Gasteiger partial charge is 0.508 e. The Morgan fingerprint density at radius 2 is 1.15 bits per heavy atom. The monoisotopic (exact) mass is 548 g/mol. The molecule has 2 rings (SSSR count). The molecule has 0 fully saturated rings. The number of allylic oxidation sites excluding steroid dienone is 2. The van der Waals surface area contributed by atoms with Gasteiger partial charge in [0.15, 0.2) is 0 Å². The predicted molar refractivity (Wildman–Crippen MR) is 169 cm³/mol. The third-order valence-corrected chi connectivity index (χ3v) is 7.15. The van der Waals surface area contributed by atoms with Gasteiger partial charge in [0.2, 0.25) is 0 Å². The van der Waals surface area contributed by atoms with Gasteiger partial charge in [-0.3, -0.25) is 4.79 Å². The number of esters is 1. The van der Waals surface area contributed by atoms with Crippen LogP contribution < -0.4 is 4.74 Å². The number of phenols is 2. The van der Waals surface area contributed by atoms with Gasteiger partial charge in [0, 0.05) is 12.5 Å². The second-order valence-electron chi connectivity index (χ2n) is 10.9. The third kappa shape index (κ3) is 16.8. The highest BCUT2D eigenvalue weighted by atomic mass is 16.5. The minimum Gasteiger partial charge on any atom is -0.508 e. The van der Waals surface area contributed by atoms with Crippen LogP contribution in [0.4, 0.5) is 0 Å². The summed E-state index contributed by atoms with van der Waals surface area (Å²) in [6.45, 7) is 2.27. The summed E-state index contributed by atoms with van der Waals surface area (Å²) < 4.78 is 5.47. The maximum absolute atomic E-state index is 12.3. The molecule has 0 saturated heterocycles. The minimum absolute atomic E-state index is 0.0515. The predicted octanol–water partition coefficient (Wildman–Crippen LogP) is 10.8. The molecule has 0 bridgehead atoms. The van der Waals surface area contributed by atoms with Gasteiger partial charge in [-0.1, -0.05) is 120 Å². The lowest BCUT2D eigenvalue weighted by atomic mass is 10.1. The van der Waals surface area contributed by atoms with E-state index in [9.17, 15) is 15.0 Å². The van der Waals surface area contributed by atoms with Crippen LogP contribution in [-0.2, 0) is 4.79 Å². The molecule has 2 aromatic carbocycles. The number of hydrogen-bond donors (Lipinski definition) is 2. The number of aromatic hydroxyl groups is 2. The van der Waals surface area contributed by atoms with Gasteiger partial charge in [0.1, 0.15) is 17.2 Å². The molecule has 40 heavy (non-hydrogen) atoms. The van der Waals surface area contributed by atoms with Crippen LogP contribution in [0.2, 0.25) is 0 Å². The summed E-state index contributed by atoms with van der Waals surface area (Å²) in [7, 11) is 0. The average molecular weight is 549 g/mol. The molecule has 2 N–H and O–H groups in total. The van der Waals surface area contributed by atoms with Gasteiger partial charge in [-0.2, -0.15) is 0 Å². The van der Waals surface area contributed by atoms with Crippen LogP contribution in [0.15, 0.2) is 54.6 Å². The Balaban J connectivity index is 1.46. The SMILES string of the molecule is CCCCCCCC/C=C\CCCCCCCCCCCC(=O)Oc1cc(O)cc(C=Cc2ccc(O)cc2)c1. The quantitative estimate of drug-likeness (QED) is 0.0505. The van der Waals surface area contributed by atoms with Crippen LogP contribution in [0.3, 0.4) is 0 Å². The number of benzene rings is 2. The molecule has 0 heterocycles. The summed E-state index contributed by atoms with van der Waals surface area (Å²) in [5.41, 5.74) is 1.65. The molecular weight excluding hydrogens is 496 g/mol. The maximum Gasteiger partial charge on any atom is 0.311 e. The van der Waals surface area contributed by atoms with Gasteiger partial charge >= 0.3 is 5.97 Å². The van der Waals surface area contributed by atoms with Crippen molar-refractivity contribution < 1.29 is 19.7 Å². The molecule has 0 saturated carbocycles. The average Bonchev–Trinajstić information content (AvgIpc) is 2.93. The van der Waals surface area contributed by atoms with E-state index in [-0.39, 0.29) is 17.5 Å². The normalized spacial score (nSPS) is 11.5. The lowest BCUT2D eigenvalue weighted by Gasteiger charge is -2.07. The van der Waals surface area contributed by atoms with Crippen LogP contribution in [0.5, 0.6) is 17.2 Å². The fourth-order valence-electron chi connectivity index (χ4n) is 4.77. The molecule has 0 spiro atoms. The fourth-order valence-corrected chi connectivity index (χ4v) is 4.77. The van der Waals surface area contributed by atoms with E-state index in [1.807, 2.05) is 12.2 Å². The standard InChI is InChI=1S/C36H52O4/c1-2-3-4-5-6-7-8-9-10-11-12-13-14-15-16-17-18-19-20-21-36(39)40-35-29-32(28-34(38)30-35)23-22-31-24-26-33(37)27-25-31/h9-10,22-30,37-38H,2-8,11-21H2,1H3/b10-9-,23-22?. The number of ether oxygens (including phenoxy) is 1. The van der Waals surface area contributed by atoms with Crippen molar-refractivity contribution in [2.45, 2.75) is 122 Å². The van der Waals surface area contributed by atoms with E-state index in [0.29, 0.717) is 12.2 Å². The van der Waals surface area contributed by atoms with E-state index >= 15 is 0 Å². The van der Waals surface area contributed by atoms with Gasteiger partial charge in [-0.05, 0) is 67.5 Å². The zero-order valence-electron chi connectivity index (χ0n) is 24.8. The smallest absolute Gasteiger partial charge is 0.311 e. The van der Waals surface area contributed by atoms with Crippen LogP contribution in [0.25, 0.3) is 12.2 Å². The minimum atomic E-state index is -0.264. The summed E-state index contributed by atoms with van der Waals surface area (Å²) in [5.74, 6) is 0.353. The third-order valence-electron chi connectivity index (χ3n) is 7.15. The van der Waals surface area contributed by atoms with Gasteiger partial charge in [0.25, 0.3) is 0 Å². The summed E-state index contributed by atoms with van der Waals surface area (Å²) in [6.07, 6.45) is 30.4. The maximum atomic E-state index is 12.3. The van der Waals surface area contributed by atoms with Crippen LogP contribution in [0, 0.1) is 0 Å². The van der Waals surface area contributed by atoms with Crippen molar-refractivity contribution in [2.75, 3.05) is 0 Å². The highest BCUT2D eigenvalue weighted by molar-refractivity contribution is 5.74. The van der Waals surface area contributed by atoms with Crippen LogP contribution in [0.1, 0.15) is 134 Å². The Morgan fingerprint density at radius 1 is 0.625 bits per heavy atom. The van der Waals surface area contributed by atoms with Crippen molar-refractivity contribution in [3.8, 4) is 17.2 Å². The van der Waals surface area contributed by atoms with Crippen molar-refractivity contribution >= 4 is 18.1 Å². The molecule has 0 aliphatic heterocycles. The Bertz CT molecular complexity index is 990. The number of carbonyl (C=O) groups is 1. The van der Waals surface area contributed by atoms with Crippen LogP contribution >= 0.6 is 0 Å². The van der Waals surface area contributed by atoms with Crippen molar-refractivity contribution in [1.29, 1.82) is 0 Å². The molecule has 0 atom stereocenters. The molecule has 4 nitrogen and oxygen atoms in total. The molecule has 0 aliphatic carbocycles. The first-order valence-corrected chi connectivity index (χ1v) is 15.7. The van der Waals surface area contributed by atoms with E-state index in [1.165, 1.54) is 96.0 Å². The molecule has 0 aliphatic rings. The second-order valence-corrected chi connectivity index (χ2v) is 10.9. The second kappa shape index (κ2) is 21.8. The molecule has 0 aromatic heterocycles. The lowest BCUT2D eigenvalue weighted by Crippen LogP contribution is -2.07. The first-order chi connectivity index (χ1) is 19.6. The van der Waals surface area contributed by atoms with E-state index in [1.54, 1.807) is 36.4 Å². The van der Waals surface area contributed by atoms with Crippen molar-refractivity contribution in [2.24, 2.45) is 0 Å². The highest BCUT2D eigenvalue weighted by Gasteiger charge is 2.07. The number of phenolic OH excluding ortho intramolecular Hbond substituents is 2. The first-order valence-electron chi connectivity index (χ1n) is 15.7. The molecule has 220 valence electrons. The number of carbonyl (C=O) groups excluding carboxylic acids is 1. The van der Waals surface area contributed by atoms with E-state index in [0.717, 1.165) is 30.4 Å². The van der Waals surface area contributed by atoms with E-state index in [2.05, 4.69) is 19.1 Å². The van der Waals surface area contributed by atoms with E-state index in [4.69, 9.17) is 4.74 Å². The van der Waals surface area contributed by atoms with Gasteiger partial charge in [-0.15, -0.1) is 0 Å². The molecule has 0 radical (unpaired) electrons. The molecular formula is C36H52O4. The summed E-state index contributed by atoms with van der Waals surface area (Å²) >= 11 is 0. The highest BCUT2D eigenvalue weighted by Crippen LogP contribution is 2.24. The van der Waals surface area contributed by atoms with Crippen molar-refractivity contribution in [3.63, 3.8) is 0 Å². The van der Waals surface area contributed by atoms with Gasteiger partial charge in [0.05, 0.1) is 0 Å². The molecule has 0 amide bonds. The Hall–Kier alpha value is -3.01. The van der Waals surface area contributed by atoms with E-state index < -0.39 is 0 Å². The molecule has 4 heteroatoms. The van der Waals surface area contributed by atoms with Crippen molar-refractivity contribution in [1.82, 2.24) is 0 Å². The number of rotatable bonds is 22. The van der Waals surface area contributed by atoms with Gasteiger partial charge < -0.3 is 14.9 Å². The molecule has 2 aromatic rings. The van der Waals surface area contributed by atoms with Gasteiger partial charge in [-0.25, -0.2) is 0 Å². The summed E-state index contributed by atoms with van der Waals surface area (Å²) in [4.78, 5) is 12.3. The summed E-state index contributed by atoms with van der Waals surface area (Å²) in [5, 5.41) is 19.4. The Kier molecular flexibility index (Phi) is 18.1. The number of unbranched alkanes of at least 4 members (excludes halogenated alkanes) is 15. The lowest BCUT2D eigenvalue weighted by molar-refractivity contribution is -0.134. The first kappa shape index (κ1) is 33.2. The zero-order chi connectivity index (χ0) is 28.7. The number of hydrogen-bond acceptors (Lipinski definition) is 4. The Labute approximate surface area is 243 Å². The van der Waals surface area contributed by atoms with Crippen molar-refractivity contribution in [3.05, 3.63) is 65.7 Å². The fraction of sp³-hybridized carbons (Fsp3) is 0.528. The molecule has 0 unspecified atom stereocenters. The topological polar surface area (TPSA) is 66.8 Å². The Morgan fingerprint density at radius 3 is 1.75 bits per heavy atom. The zero-order valence-corrected chi connectivity index (χ0v) is 24.8. The van der Waals surface area contributed by atoms with Crippen LogP contribution in [-0.4, -0.2) is 16.2 Å². The summed E-state index contributed by atoms with van der Waals surface area (Å²) in [6, 6.07) is 11.6.